The van der Waals surface area contributed by atoms with Crippen LogP contribution in [0.4, 0.5) is 0 Å². The molecule has 1 spiro atoms. The highest BCUT2D eigenvalue weighted by atomic mass is 79.9. The normalized spacial score (nSPS) is 23.8. The van der Waals surface area contributed by atoms with E-state index in [0.29, 0.717) is 29.9 Å². The Morgan fingerprint density at radius 3 is 2.88 bits per heavy atom. The number of carbonyl (C=O) groups is 1. The molecular formula is C18H23BrN2O4. The number of ether oxygens (including phenoxy) is 2. The lowest BCUT2D eigenvalue weighted by molar-refractivity contribution is -0.0803. The van der Waals surface area contributed by atoms with Crippen LogP contribution in [-0.4, -0.2) is 41.4 Å². The number of carbonyl (C=O) groups excluding carboxylic acids is 1. The first-order valence-corrected chi connectivity index (χ1v) is 9.90. The van der Waals surface area contributed by atoms with Crippen LogP contribution in [0.15, 0.2) is 15.5 Å². The Kier molecular flexibility index (Phi) is 4.40. The summed E-state index contributed by atoms with van der Waals surface area (Å²) in [6.45, 7) is 3.85. The van der Waals surface area contributed by atoms with Crippen molar-refractivity contribution in [1.82, 2.24) is 9.47 Å². The van der Waals surface area contributed by atoms with Crippen molar-refractivity contribution in [3.05, 3.63) is 26.6 Å². The number of unbranched alkanes of at least 4 members (excludes halogenated alkanes) is 1. The van der Waals surface area contributed by atoms with E-state index < -0.39 is 0 Å². The maximum absolute atomic E-state index is 13.2. The van der Waals surface area contributed by atoms with E-state index in [2.05, 4.69) is 22.9 Å². The molecule has 1 saturated carbocycles. The Morgan fingerprint density at radius 2 is 2.16 bits per heavy atom. The number of aromatic nitrogens is 1. The predicted octanol–water partition coefficient (Wildman–Crippen LogP) is 2.87. The zero-order valence-electron chi connectivity index (χ0n) is 14.4. The average Bonchev–Trinajstić information content (AvgIpc) is 3.40. The maximum atomic E-state index is 13.2. The van der Waals surface area contributed by atoms with Crippen LogP contribution >= 0.6 is 15.9 Å². The van der Waals surface area contributed by atoms with Crippen molar-refractivity contribution in [2.24, 2.45) is 0 Å². The van der Waals surface area contributed by atoms with Gasteiger partial charge < -0.3 is 18.9 Å². The third kappa shape index (κ3) is 2.63. The second-order valence-electron chi connectivity index (χ2n) is 7.09. The van der Waals surface area contributed by atoms with Crippen molar-refractivity contribution in [2.75, 3.05) is 19.8 Å². The molecular weight excluding hydrogens is 388 g/mol. The molecule has 0 radical (unpaired) electrons. The van der Waals surface area contributed by atoms with E-state index in [9.17, 15) is 9.59 Å². The number of hydrogen-bond donors (Lipinski definition) is 0. The number of nitrogens with zero attached hydrogens (tertiary/aromatic N) is 2. The van der Waals surface area contributed by atoms with Crippen molar-refractivity contribution in [2.45, 2.75) is 57.2 Å². The molecule has 1 amide bonds. The smallest absolute Gasteiger partial charge is 0.276 e. The van der Waals surface area contributed by atoms with Gasteiger partial charge in [0.1, 0.15) is 0 Å². The SMILES string of the molecule is CCCCOc1c2n(cc(Br)c1=O)C1(CC1)C1OCCCCN1C2=O. The summed E-state index contributed by atoms with van der Waals surface area (Å²) in [5, 5.41) is 0. The lowest BCUT2D eigenvalue weighted by Crippen LogP contribution is -2.56. The molecule has 6 nitrogen and oxygen atoms in total. The van der Waals surface area contributed by atoms with Crippen molar-refractivity contribution in [1.29, 1.82) is 0 Å². The van der Waals surface area contributed by atoms with Gasteiger partial charge in [0.15, 0.2) is 17.7 Å². The number of hydrogen-bond acceptors (Lipinski definition) is 4. The molecule has 7 heteroatoms. The Labute approximate surface area is 155 Å². The van der Waals surface area contributed by atoms with Gasteiger partial charge in [-0.15, -0.1) is 0 Å². The molecule has 3 heterocycles. The van der Waals surface area contributed by atoms with Crippen LogP contribution in [-0.2, 0) is 10.3 Å². The Morgan fingerprint density at radius 1 is 1.36 bits per heavy atom. The summed E-state index contributed by atoms with van der Waals surface area (Å²) in [6, 6.07) is 0. The van der Waals surface area contributed by atoms with E-state index in [0.717, 1.165) is 38.5 Å². The highest BCUT2D eigenvalue weighted by Gasteiger charge is 2.60. The predicted molar refractivity (Wildman–Crippen MR) is 96.0 cm³/mol. The van der Waals surface area contributed by atoms with Gasteiger partial charge in [-0.2, -0.15) is 0 Å². The summed E-state index contributed by atoms with van der Waals surface area (Å²) in [7, 11) is 0. The van der Waals surface area contributed by atoms with Crippen LogP contribution in [0.3, 0.4) is 0 Å². The van der Waals surface area contributed by atoms with Crippen LogP contribution < -0.4 is 10.2 Å². The van der Waals surface area contributed by atoms with Gasteiger partial charge in [-0.25, -0.2) is 0 Å². The average molecular weight is 411 g/mol. The fraction of sp³-hybridized carbons (Fsp3) is 0.667. The van der Waals surface area contributed by atoms with Crippen LogP contribution in [0.5, 0.6) is 5.75 Å². The second kappa shape index (κ2) is 6.43. The van der Waals surface area contributed by atoms with E-state index in [1.165, 1.54) is 0 Å². The lowest BCUT2D eigenvalue weighted by atomic mass is 10.1. The first-order chi connectivity index (χ1) is 12.1. The molecule has 3 aliphatic rings. The summed E-state index contributed by atoms with van der Waals surface area (Å²) < 4.78 is 14.3. The van der Waals surface area contributed by atoms with Gasteiger partial charge in [-0.05, 0) is 48.0 Å². The molecule has 1 unspecified atom stereocenters. The minimum atomic E-state index is -0.257. The summed E-state index contributed by atoms with van der Waals surface area (Å²) in [4.78, 5) is 27.7. The van der Waals surface area contributed by atoms with E-state index in [4.69, 9.17) is 9.47 Å². The molecule has 1 aromatic heterocycles. The zero-order chi connectivity index (χ0) is 17.6. The van der Waals surface area contributed by atoms with E-state index in [1.807, 2.05) is 9.47 Å². The molecule has 4 rings (SSSR count). The Balaban J connectivity index is 1.85. The third-order valence-corrected chi connectivity index (χ3v) is 5.95. The fourth-order valence-electron chi connectivity index (χ4n) is 3.88. The molecule has 1 aromatic rings. The quantitative estimate of drug-likeness (QED) is 0.715. The Hall–Kier alpha value is -1.34. The first kappa shape index (κ1) is 17.1. The van der Waals surface area contributed by atoms with E-state index >= 15 is 0 Å². The van der Waals surface area contributed by atoms with Crippen molar-refractivity contribution < 1.29 is 14.3 Å². The summed E-state index contributed by atoms with van der Waals surface area (Å²) in [6.07, 6.45) is 7.08. The molecule has 25 heavy (non-hydrogen) atoms. The largest absolute Gasteiger partial charge is 0.487 e. The van der Waals surface area contributed by atoms with E-state index in [-0.39, 0.29) is 28.9 Å². The van der Waals surface area contributed by atoms with Gasteiger partial charge in [-0.3, -0.25) is 9.59 Å². The molecule has 2 fully saturated rings. The number of fused-ring (bicyclic) bond motifs is 4. The molecule has 0 aromatic carbocycles. The molecule has 1 saturated heterocycles. The van der Waals surface area contributed by atoms with Gasteiger partial charge in [-0.1, -0.05) is 13.3 Å². The molecule has 1 aliphatic carbocycles. The van der Waals surface area contributed by atoms with Gasteiger partial charge in [0.25, 0.3) is 5.91 Å². The number of amides is 1. The summed E-state index contributed by atoms with van der Waals surface area (Å²) >= 11 is 3.36. The zero-order valence-corrected chi connectivity index (χ0v) is 16.0. The molecule has 0 bridgehead atoms. The Bertz CT molecular complexity index is 756. The molecule has 136 valence electrons. The standard InChI is InChI=1S/C18H23BrN2O4/c1-2-3-9-24-15-13-16(23)20-8-4-5-10-25-17(20)18(6-7-18)21(13)11-12(19)14(15)22/h11,17H,2-10H2,1H3. The van der Waals surface area contributed by atoms with E-state index in [1.54, 1.807) is 6.20 Å². The highest BCUT2D eigenvalue weighted by Crippen LogP contribution is 2.53. The van der Waals surface area contributed by atoms with Crippen LogP contribution in [0.2, 0.25) is 0 Å². The third-order valence-electron chi connectivity index (χ3n) is 5.38. The maximum Gasteiger partial charge on any atom is 0.276 e. The number of rotatable bonds is 4. The fourth-order valence-corrected chi connectivity index (χ4v) is 4.26. The van der Waals surface area contributed by atoms with Gasteiger partial charge in [0, 0.05) is 19.3 Å². The molecule has 1 atom stereocenters. The van der Waals surface area contributed by atoms with Crippen molar-refractivity contribution in [3.8, 4) is 5.75 Å². The lowest BCUT2D eigenvalue weighted by Gasteiger charge is -2.43. The first-order valence-electron chi connectivity index (χ1n) is 9.11. The minimum Gasteiger partial charge on any atom is -0.487 e. The van der Waals surface area contributed by atoms with Gasteiger partial charge in [0.05, 0.1) is 16.6 Å². The number of pyridine rings is 1. The number of halogens is 1. The molecule has 2 aliphatic heterocycles. The molecule has 0 N–H and O–H groups in total. The summed E-state index contributed by atoms with van der Waals surface area (Å²) in [5.74, 6) is 0.0299. The van der Waals surface area contributed by atoms with Crippen molar-refractivity contribution >= 4 is 21.8 Å². The van der Waals surface area contributed by atoms with Crippen LogP contribution in [0.25, 0.3) is 0 Å². The second-order valence-corrected chi connectivity index (χ2v) is 7.94. The van der Waals surface area contributed by atoms with Crippen LogP contribution in [0, 0.1) is 0 Å². The minimum absolute atomic E-state index is 0.152. The van der Waals surface area contributed by atoms with Crippen LogP contribution in [0.1, 0.15) is 55.9 Å². The van der Waals surface area contributed by atoms with Gasteiger partial charge in [0.2, 0.25) is 5.43 Å². The summed E-state index contributed by atoms with van der Waals surface area (Å²) in [5.41, 5.74) is -0.114. The van der Waals surface area contributed by atoms with Crippen molar-refractivity contribution in [3.63, 3.8) is 0 Å². The monoisotopic (exact) mass is 410 g/mol. The highest BCUT2D eigenvalue weighted by molar-refractivity contribution is 9.10. The topological polar surface area (TPSA) is 60.8 Å². The van der Waals surface area contributed by atoms with Gasteiger partial charge >= 0.3 is 0 Å².